The molecule has 0 fully saturated rings. The maximum Gasteiger partial charge on any atom is 0.387 e. The zero-order chi connectivity index (χ0) is 11.6. The van der Waals surface area contributed by atoms with Crippen molar-refractivity contribution in [1.29, 1.82) is 0 Å². The van der Waals surface area contributed by atoms with Crippen molar-refractivity contribution in [2.75, 3.05) is 5.73 Å². The van der Waals surface area contributed by atoms with E-state index in [1.165, 1.54) is 19.1 Å². The third kappa shape index (κ3) is 2.65. The van der Waals surface area contributed by atoms with Crippen LogP contribution in [0.4, 0.5) is 14.5 Å². The van der Waals surface area contributed by atoms with Gasteiger partial charge < -0.3 is 10.5 Å². The van der Waals surface area contributed by atoms with Crippen LogP contribution in [0.15, 0.2) is 16.6 Å². The van der Waals surface area contributed by atoms with E-state index in [0.717, 1.165) is 0 Å². The maximum atomic E-state index is 12.0. The molecule has 1 rings (SSSR count). The molecule has 0 atom stereocenters. The first-order valence-corrected chi connectivity index (χ1v) is 4.76. The molecule has 0 heterocycles. The van der Waals surface area contributed by atoms with Crippen LogP contribution >= 0.6 is 15.9 Å². The van der Waals surface area contributed by atoms with Gasteiger partial charge in [0.1, 0.15) is 0 Å². The summed E-state index contributed by atoms with van der Waals surface area (Å²) in [5, 5.41) is 0. The second-order valence-electron chi connectivity index (χ2n) is 2.78. The molecular formula is C9H8BrF2NO2. The van der Waals surface area contributed by atoms with Crippen molar-refractivity contribution in [3.63, 3.8) is 0 Å². The summed E-state index contributed by atoms with van der Waals surface area (Å²) >= 11 is 3.00. The van der Waals surface area contributed by atoms with Crippen LogP contribution in [0, 0.1) is 0 Å². The van der Waals surface area contributed by atoms with Crippen LogP contribution in [0.3, 0.4) is 0 Å². The van der Waals surface area contributed by atoms with Gasteiger partial charge in [0.25, 0.3) is 0 Å². The van der Waals surface area contributed by atoms with Gasteiger partial charge in [-0.3, -0.25) is 4.79 Å². The highest BCUT2D eigenvalue weighted by Crippen LogP contribution is 2.35. The molecule has 0 aliphatic carbocycles. The molecule has 2 N–H and O–H groups in total. The Hall–Kier alpha value is -1.17. The number of Topliss-reactive ketones (excluding diaryl/α,β-unsaturated/α-hetero) is 1. The fourth-order valence-corrected chi connectivity index (χ4v) is 1.79. The van der Waals surface area contributed by atoms with E-state index in [9.17, 15) is 13.6 Å². The van der Waals surface area contributed by atoms with E-state index in [0.29, 0.717) is 0 Å². The Morgan fingerprint density at radius 2 is 2.13 bits per heavy atom. The number of rotatable bonds is 3. The number of hydrogen-bond acceptors (Lipinski definition) is 3. The number of hydrogen-bond donors (Lipinski definition) is 1. The molecule has 0 unspecified atom stereocenters. The van der Waals surface area contributed by atoms with Gasteiger partial charge in [-0.1, -0.05) is 0 Å². The Labute approximate surface area is 93.3 Å². The van der Waals surface area contributed by atoms with Gasteiger partial charge in [0.15, 0.2) is 11.5 Å². The second kappa shape index (κ2) is 4.57. The van der Waals surface area contributed by atoms with Crippen LogP contribution in [0.5, 0.6) is 5.75 Å². The largest absolute Gasteiger partial charge is 0.431 e. The molecule has 6 heteroatoms. The highest BCUT2D eigenvalue weighted by Gasteiger charge is 2.16. The van der Waals surface area contributed by atoms with Crippen LogP contribution in [0.25, 0.3) is 0 Å². The lowest BCUT2D eigenvalue weighted by molar-refractivity contribution is -0.0498. The quantitative estimate of drug-likeness (QED) is 0.684. The number of alkyl halides is 2. The van der Waals surface area contributed by atoms with Crippen molar-refractivity contribution >= 4 is 27.4 Å². The number of ether oxygens (including phenoxy) is 1. The van der Waals surface area contributed by atoms with Gasteiger partial charge in [-0.15, -0.1) is 0 Å². The average molecular weight is 280 g/mol. The first-order chi connectivity index (χ1) is 6.93. The predicted molar refractivity (Wildman–Crippen MR) is 55.2 cm³/mol. The molecule has 1 aromatic rings. The van der Waals surface area contributed by atoms with Crippen molar-refractivity contribution in [2.45, 2.75) is 13.5 Å². The first-order valence-electron chi connectivity index (χ1n) is 3.97. The van der Waals surface area contributed by atoms with E-state index in [-0.39, 0.29) is 27.3 Å². The van der Waals surface area contributed by atoms with Crippen molar-refractivity contribution in [3.8, 4) is 5.75 Å². The zero-order valence-electron chi connectivity index (χ0n) is 7.76. The smallest absolute Gasteiger partial charge is 0.387 e. The van der Waals surface area contributed by atoms with Gasteiger partial charge in [-0.2, -0.15) is 8.78 Å². The second-order valence-corrected chi connectivity index (χ2v) is 3.57. The normalized spacial score (nSPS) is 10.5. The summed E-state index contributed by atoms with van der Waals surface area (Å²) in [6.07, 6.45) is 0. The summed E-state index contributed by atoms with van der Waals surface area (Å²) in [4.78, 5) is 11.1. The molecule has 0 aliphatic heterocycles. The average Bonchev–Trinajstić information content (AvgIpc) is 2.11. The lowest BCUT2D eigenvalue weighted by atomic mass is 10.1. The Kier molecular flexibility index (Phi) is 3.62. The van der Waals surface area contributed by atoms with Crippen molar-refractivity contribution < 1.29 is 18.3 Å². The fraction of sp³-hybridized carbons (Fsp3) is 0.222. The lowest BCUT2D eigenvalue weighted by Crippen LogP contribution is -2.07. The number of anilines is 1. The van der Waals surface area contributed by atoms with E-state index in [1.54, 1.807) is 0 Å². The highest BCUT2D eigenvalue weighted by atomic mass is 79.9. The third-order valence-electron chi connectivity index (χ3n) is 1.71. The van der Waals surface area contributed by atoms with E-state index in [2.05, 4.69) is 20.7 Å². The molecule has 1 aromatic carbocycles. The summed E-state index contributed by atoms with van der Waals surface area (Å²) in [5.41, 5.74) is 5.74. The molecular weight excluding hydrogens is 272 g/mol. The first kappa shape index (κ1) is 11.9. The summed E-state index contributed by atoms with van der Waals surface area (Å²) in [6, 6.07) is 2.79. The monoisotopic (exact) mass is 279 g/mol. The van der Waals surface area contributed by atoms with Gasteiger partial charge >= 0.3 is 6.61 Å². The van der Waals surface area contributed by atoms with Crippen LogP contribution in [0.1, 0.15) is 17.3 Å². The fourth-order valence-electron chi connectivity index (χ4n) is 1.05. The minimum absolute atomic E-state index is 0.0483. The van der Waals surface area contributed by atoms with E-state index >= 15 is 0 Å². The molecule has 0 amide bonds. The molecule has 0 saturated heterocycles. The Morgan fingerprint density at radius 3 is 2.60 bits per heavy atom. The topological polar surface area (TPSA) is 52.3 Å². The Morgan fingerprint density at radius 1 is 1.53 bits per heavy atom. The van der Waals surface area contributed by atoms with Crippen molar-refractivity contribution in [2.24, 2.45) is 0 Å². The molecule has 0 radical (unpaired) electrons. The highest BCUT2D eigenvalue weighted by molar-refractivity contribution is 9.10. The predicted octanol–water partition coefficient (Wildman–Crippen LogP) is 2.84. The summed E-state index contributed by atoms with van der Waals surface area (Å²) in [7, 11) is 0. The van der Waals surface area contributed by atoms with E-state index in [4.69, 9.17) is 5.73 Å². The standard InChI is InChI=1S/C9H8BrF2NO2/c1-4(14)5-2-3-6(13)8(7(5)10)15-9(11)12/h2-3,9H,13H2,1H3. The minimum atomic E-state index is -2.98. The molecule has 15 heavy (non-hydrogen) atoms. The van der Waals surface area contributed by atoms with E-state index < -0.39 is 6.61 Å². The number of ketones is 1. The lowest BCUT2D eigenvalue weighted by Gasteiger charge is -2.11. The summed E-state index contributed by atoms with van der Waals surface area (Å²) in [6.45, 7) is -1.66. The van der Waals surface area contributed by atoms with Gasteiger partial charge in [-0.25, -0.2) is 0 Å². The number of benzene rings is 1. The van der Waals surface area contributed by atoms with Crippen molar-refractivity contribution in [3.05, 3.63) is 22.2 Å². The van der Waals surface area contributed by atoms with E-state index in [1.807, 2.05) is 0 Å². The Balaban J connectivity index is 3.24. The summed E-state index contributed by atoms with van der Waals surface area (Å²) < 4.78 is 28.4. The van der Waals surface area contributed by atoms with Gasteiger partial charge in [0, 0.05) is 5.56 Å². The van der Waals surface area contributed by atoms with Crippen LogP contribution in [-0.2, 0) is 0 Å². The SMILES string of the molecule is CC(=O)c1ccc(N)c(OC(F)F)c1Br. The van der Waals surface area contributed by atoms with Gasteiger partial charge in [0.05, 0.1) is 10.2 Å². The third-order valence-corrected chi connectivity index (χ3v) is 2.50. The molecule has 82 valence electrons. The number of nitrogens with two attached hydrogens (primary N) is 1. The minimum Gasteiger partial charge on any atom is -0.431 e. The number of carbonyl (C=O) groups excluding carboxylic acids is 1. The number of carbonyl (C=O) groups is 1. The number of nitrogen functional groups attached to an aromatic ring is 1. The van der Waals surface area contributed by atoms with Crippen molar-refractivity contribution in [1.82, 2.24) is 0 Å². The summed E-state index contributed by atoms with van der Waals surface area (Å²) in [5.74, 6) is -0.473. The molecule has 0 aliphatic rings. The molecule has 0 spiro atoms. The zero-order valence-corrected chi connectivity index (χ0v) is 9.35. The molecule has 3 nitrogen and oxygen atoms in total. The van der Waals surface area contributed by atoms with Crippen LogP contribution in [-0.4, -0.2) is 12.4 Å². The van der Waals surface area contributed by atoms with Gasteiger partial charge in [0.2, 0.25) is 0 Å². The Bertz CT molecular complexity index is 396. The number of halogens is 3. The molecule has 0 saturated carbocycles. The maximum absolute atomic E-state index is 12.0. The molecule has 0 bridgehead atoms. The van der Waals surface area contributed by atoms with Gasteiger partial charge in [-0.05, 0) is 35.0 Å². The van der Waals surface area contributed by atoms with Crippen LogP contribution < -0.4 is 10.5 Å². The molecule has 0 aromatic heterocycles. The van der Waals surface area contributed by atoms with Crippen LogP contribution in [0.2, 0.25) is 0 Å².